The molecule has 128 valence electrons. The van der Waals surface area contributed by atoms with Crippen LogP contribution in [0.5, 0.6) is 0 Å². The van der Waals surface area contributed by atoms with Crippen molar-refractivity contribution < 1.29 is 9.18 Å². The summed E-state index contributed by atoms with van der Waals surface area (Å²) in [5, 5.41) is 4.32. The quantitative estimate of drug-likeness (QED) is 0.727. The molecule has 2 heterocycles. The molecule has 0 aliphatic rings. The second-order valence-electron chi connectivity index (χ2n) is 5.25. The average molecular weight is 359 g/mol. The fourth-order valence-electron chi connectivity index (χ4n) is 2.29. The van der Waals surface area contributed by atoms with E-state index >= 15 is 0 Å². The second-order valence-corrected chi connectivity index (χ2v) is 6.28. The van der Waals surface area contributed by atoms with Crippen molar-refractivity contribution in [1.29, 1.82) is 0 Å². The van der Waals surface area contributed by atoms with Gasteiger partial charge in [0.1, 0.15) is 11.4 Å². The van der Waals surface area contributed by atoms with Crippen LogP contribution in [-0.4, -0.2) is 15.5 Å². The van der Waals surface area contributed by atoms with Crippen molar-refractivity contribution in [2.45, 2.75) is 13.1 Å². The number of benzene rings is 1. The molecule has 1 amide bonds. The Hall–Kier alpha value is -3.00. The largest absolute Gasteiger partial charge is 0.348 e. The van der Waals surface area contributed by atoms with Crippen molar-refractivity contribution in [3.05, 3.63) is 90.6 Å². The van der Waals surface area contributed by atoms with Crippen LogP contribution in [-0.2, 0) is 13.1 Å². The lowest BCUT2D eigenvalue weighted by Crippen LogP contribution is -2.40. The highest BCUT2D eigenvalue weighted by molar-refractivity contribution is 7.09. The lowest BCUT2D eigenvalue weighted by molar-refractivity contribution is 0.0948. The minimum Gasteiger partial charge on any atom is -0.348 e. The molecule has 0 bridgehead atoms. The predicted molar refractivity (Wildman–Crippen MR) is 92.3 cm³/mol. The molecule has 0 aliphatic carbocycles. The maximum absolute atomic E-state index is 13.6. The summed E-state index contributed by atoms with van der Waals surface area (Å²) in [5.74, 6) is -1.12. The van der Waals surface area contributed by atoms with Crippen LogP contribution in [0.3, 0.4) is 0 Å². The molecule has 0 radical (unpaired) electrons. The van der Waals surface area contributed by atoms with Crippen molar-refractivity contribution in [3.63, 3.8) is 0 Å². The number of hydrogen-bond donors (Lipinski definition) is 2. The van der Waals surface area contributed by atoms with Gasteiger partial charge in [0.15, 0.2) is 0 Å². The molecule has 0 fully saturated rings. The number of thiophene rings is 1. The van der Waals surface area contributed by atoms with Crippen molar-refractivity contribution in [1.82, 2.24) is 14.9 Å². The summed E-state index contributed by atoms with van der Waals surface area (Å²) in [5.41, 5.74) is -1.18. The molecule has 1 aromatic carbocycles. The van der Waals surface area contributed by atoms with Gasteiger partial charge in [0.25, 0.3) is 11.5 Å². The first-order valence-electron chi connectivity index (χ1n) is 7.43. The molecule has 2 aromatic heterocycles. The zero-order valence-electron chi connectivity index (χ0n) is 13.0. The number of nitrogens with one attached hydrogen (secondary N) is 2. The SMILES string of the molecule is O=C(NCc1ccccc1F)c1c[nH]c(=O)n(Cc2cccs2)c1=O. The molecule has 2 N–H and O–H groups in total. The van der Waals surface area contributed by atoms with Crippen molar-refractivity contribution in [3.8, 4) is 0 Å². The first kappa shape index (κ1) is 16.8. The minimum atomic E-state index is -0.691. The summed E-state index contributed by atoms with van der Waals surface area (Å²) >= 11 is 1.40. The summed E-state index contributed by atoms with van der Waals surface area (Å²) < 4.78 is 14.5. The van der Waals surface area contributed by atoms with Crippen LogP contribution in [0.1, 0.15) is 20.8 Å². The first-order valence-corrected chi connectivity index (χ1v) is 8.30. The minimum absolute atomic E-state index is 0.0605. The van der Waals surface area contributed by atoms with Gasteiger partial charge in [0.2, 0.25) is 0 Å². The molecule has 6 nitrogen and oxygen atoms in total. The first-order chi connectivity index (χ1) is 12.1. The van der Waals surface area contributed by atoms with Crippen LogP contribution in [0.15, 0.2) is 57.6 Å². The molecule has 8 heteroatoms. The number of H-pyrrole nitrogens is 1. The maximum Gasteiger partial charge on any atom is 0.328 e. The Kier molecular flexibility index (Phi) is 4.90. The number of aromatic amines is 1. The number of carbonyl (C=O) groups excluding carboxylic acids is 1. The summed E-state index contributed by atoms with van der Waals surface area (Å²) in [4.78, 5) is 39.8. The highest BCUT2D eigenvalue weighted by atomic mass is 32.1. The van der Waals surface area contributed by atoms with E-state index in [9.17, 15) is 18.8 Å². The Balaban J connectivity index is 1.82. The molecule has 25 heavy (non-hydrogen) atoms. The zero-order chi connectivity index (χ0) is 17.8. The Morgan fingerprint density at radius 3 is 2.72 bits per heavy atom. The van der Waals surface area contributed by atoms with Crippen LogP contribution in [0.2, 0.25) is 0 Å². The van der Waals surface area contributed by atoms with Crippen molar-refractivity contribution in [2.75, 3.05) is 0 Å². The molecule has 0 saturated carbocycles. The molecule has 0 aliphatic heterocycles. The Morgan fingerprint density at radius 2 is 2.00 bits per heavy atom. The summed E-state index contributed by atoms with van der Waals surface area (Å²) in [6.45, 7) is 0.0231. The Morgan fingerprint density at radius 1 is 1.20 bits per heavy atom. The average Bonchev–Trinajstić information content (AvgIpc) is 3.11. The molecular formula is C17H14FN3O3S. The summed E-state index contributed by atoms with van der Waals surface area (Å²) in [6.07, 6.45) is 1.08. The van der Waals surface area contributed by atoms with Gasteiger partial charge in [-0.1, -0.05) is 24.3 Å². The summed E-state index contributed by atoms with van der Waals surface area (Å²) in [7, 11) is 0. The van der Waals surface area contributed by atoms with E-state index in [4.69, 9.17) is 0 Å². The molecular weight excluding hydrogens is 345 g/mol. The molecule has 0 saturated heterocycles. The number of aromatic nitrogens is 2. The van der Waals surface area contributed by atoms with Crippen LogP contribution in [0, 0.1) is 5.82 Å². The topological polar surface area (TPSA) is 84.0 Å². The molecule has 0 unspecified atom stereocenters. The van der Waals surface area contributed by atoms with E-state index in [0.29, 0.717) is 5.56 Å². The van der Waals surface area contributed by atoms with Gasteiger partial charge in [-0.05, 0) is 17.5 Å². The van der Waals surface area contributed by atoms with E-state index in [0.717, 1.165) is 15.6 Å². The van der Waals surface area contributed by atoms with Gasteiger partial charge in [0, 0.05) is 23.2 Å². The molecule has 3 rings (SSSR count). The number of nitrogens with zero attached hydrogens (tertiary/aromatic N) is 1. The lowest BCUT2D eigenvalue weighted by Gasteiger charge is -2.08. The van der Waals surface area contributed by atoms with Gasteiger partial charge in [-0.15, -0.1) is 11.3 Å². The number of rotatable bonds is 5. The van der Waals surface area contributed by atoms with Gasteiger partial charge >= 0.3 is 5.69 Å². The number of amides is 1. The van der Waals surface area contributed by atoms with Gasteiger partial charge < -0.3 is 10.3 Å². The third-order valence-corrected chi connectivity index (χ3v) is 4.46. The summed E-state index contributed by atoms with van der Waals surface area (Å²) in [6, 6.07) is 9.63. The fourth-order valence-corrected chi connectivity index (χ4v) is 2.98. The fraction of sp³-hybridized carbons (Fsp3) is 0.118. The van der Waals surface area contributed by atoms with E-state index in [1.54, 1.807) is 18.2 Å². The number of carbonyl (C=O) groups is 1. The van der Waals surface area contributed by atoms with Crippen LogP contribution >= 0.6 is 11.3 Å². The number of halogens is 1. The second kappa shape index (κ2) is 7.27. The van der Waals surface area contributed by atoms with E-state index < -0.39 is 23.0 Å². The van der Waals surface area contributed by atoms with E-state index in [1.165, 1.54) is 23.5 Å². The third kappa shape index (κ3) is 3.74. The lowest BCUT2D eigenvalue weighted by atomic mass is 10.2. The van der Waals surface area contributed by atoms with E-state index in [-0.39, 0.29) is 18.7 Å². The normalized spacial score (nSPS) is 10.6. The third-order valence-electron chi connectivity index (χ3n) is 3.60. The van der Waals surface area contributed by atoms with E-state index in [2.05, 4.69) is 10.3 Å². The highest BCUT2D eigenvalue weighted by Crippen LogP contribution is 2.08. The monoisotopic (exact) mass is 359 g/mol. The Labute approximate surface area is 145 Å². The van der Waals surface area contributed by atoms with Gasteiger partial charge in [-0.25, -0.2) is 9.18 Å². The maximum atomic E-state index is 13.6. The van der Waals surface area contributed by atoms with Gasteiger partial charge in [-0.3, -0.25) is 14.2 Å². The predicted octanol–water partition coefficient (Wildman–Crippen LogP) is 1.72. The van der Waals surface area contributed by atoms with Crippen LogP contribution < -0.4 is 16.6 Å². The molecule has 0 spiro atoms. The smallest absolute Gasteiger partial charge is 0.328 e. The molecule has 3 aromatic rings. The molecule has 0 atom stereocenters. The zero-order valence-corrected chi connectivity index (χ0v) is 13.8. The van der Waals surface area contributed by atoms with Crippen molar-refractivity contribution in [2.24, 2.45) is 0 Å². The number of hydrogen-bond acceptors (Lipinski definition) is 4. The van der Waals surface area contributed by atoms with Crippen LogP contribution in [0.4, 0.5) is 4.39 Å². The highest BCUT2D eigenvalue weighted by Gasteiger charge is 2.15. The van der Waals surface area contributed by atoms with Crippen LogP contribution in [0.25, 0.3) is 0 Å². The van der Waals surface area contributed by atoms with Gasteiger partial charge in [-0.2, -0.15) is 0 Å². The van der Waals surface area contributed by atoms with E-state index in [1.807, 2.05) is 11.4 Å². The van der Waals surface area contributed by atoms with Gasteiger partial charge in [0.05, 0.1) is 6.54 Å². The standard InChI is InChI=1S/C17H14FN3O3S/c18-14-6-2-1-4-11(14)8-19-15(22)13-9-20-17(24)21(16(13)23)10-12-5-3-7-25-12/h1-7,9H,8,10H2,(H,19,22)(H,20,24). The Bertz CT molecular complexity index is 1010. The van der Waals surface area contributed by atoms with Crippen molar-refractivity contribution >= 4 is 17.2 Å².